The summed E-state index contributed by atoms with van der Waals surface area (Å²) in [6.45, 7) is 9.41. The first-order valence-electron chi connectivity index (χ1n) is 9.95. The molecule has 0 saturated heterocycles. The number of hydrogen-bond acceptors (Lipinski definition) is 4. The van der Waals surface area contributed by atoms with Crippen molar-refractivity contribution < 1.29 is 14.3 Å². The van der Waals surface area contributed by atoms with Crippen molar-refractivity contribution in [1.29, 1.82) is 0 Å². The maximum Gasteiger partial charge on any atom is 0.319 e. The van der Waals surface area contributed by atoms with Gasteiger partial charge < -0.3 is 20.7 Å². The third-order valence-electron chi connectivity index (χ3n) is 4.94. The molecular weight excluding hydrogens is 368 g/mol. The van der Waals surface area contributed by atoms with Gasteiger partial charge in [-0.3, -0.25) is 9.69 Å². The van der Waals surface area contributed by atoms with Crippen LogP contribution in [0.25, 0.3) is 0 Å². The summed E-state index contributed by atoms with van der Waals surface area (Å²) in [4.78, 5) is 26.3. The van der Waals surface area contributed by atoms with E-state index in [-0.39, 0.29) is 11.9 Å². The monoisotopic (exact) mass is 396 g/mol. The van der Waals surface area contributed by atoms with Gasteiger partial charge in [-0.05, 0) is 49.3 Å². The second kappa shape index (κ2) is 9.43. The van der Waals surface area contributed by atoms with E-state index in [4.69, 9.17) is 4.74 Å². The average Bonchev–Trinajstić information content (AvgIpc) is 2.72. The molecule has 1 aliphatic rings. The van der Waals surface area contributed by atoms with Crippen molar-refractivity contribution in [1.82, 2.24) is 10.2 Å². The fourth-order valence-electron chi connectivity index (χ4n) is 3.11. The molecule has 0 fully saturated rings. The number of nitrogens with one attached hydrogen (secondary N) is 3. The summed E-state index contributed by atoms with van der Waals surface area (Å²) >= 11 is 0. The van der Waals surface area contributed by atoms with Gasteiger partial charge >= 0.3 is 6.03 Å². The highest BCUT2D eigenvalue weighted by molar-refractivity contribution is 5.99. The minimum atomic E-state index is -0.525. The minimum Gasteiger partial charge on any atom is -0.479 e. The molecule has 1 unspecified atom stereocenters. The van der Waals surface area contributed by atoms with Crippen molar-refractivity contribution in [2.45, 2.75) is 40.0 Å². The zero-order valence-electron chi connectivity index (χ0n) is 17.1. The van der Waals surface area contributed by atoms with E-state index in [1.165, 1.54) is 5.56 Å². The van der Waals surface area contributed by atoms with Gasteiger partial charge in [-0.2, -0.15) is 0 Å². The van der Waals surface area contributed by atoms with Gasteiger partial charge in [0.15, 0.2) is 6.10 Å². The standard InChI is InChI=1S/C22H28N4O3/c1-4-26(5-2)14-17-8-6-16(7-9-17)13-23-22(28)24-18-10-11-20-19(12-18)25-21(27)15(3)29-20/h6-12,15H,4-5,13-14H2,1-3H3,(H,25,27)(H2,23,24,28). The summed E-state index contributed by atoms with van der Waals surface area (Å²) in [5.41, 5.74) is 3.42. The van der Waals surface area contributed by atoms with Crippen molar-refractivity contribution in [2.75, 3.05) is 23.7 Å². The lowest BCUT2D eigenvalue weighted by Crippen LogP contribution is -2.34. The van der Waals surface area contributed by atoms with Gasteiger partial charge in [0.25, 0.3) is 5.91 Å². The number of anilines is 2. The highest BCUT2D eigenvalue weighted by Crippen LogP contribution is 2.32. The smallest absolute Gasteiger partial charge is 0.319 e. The van der Waals surface area contributed by atoms with Crippen LogP contribution in [0, 0.1) is 0 Å². The number of nitrogens with zero attached hydrogens (tertiary/aromatic N) is 1. The van der Waals surface area contributed by atoms with Gasteiger partial charge in [-0.1, -0.05) is 38.1 Å². The lowest BCUT2D eigenvalue weighted by molar-refractivity contribution is -0.122. The lowest BCUT2D eigenvalue weighted by Gasteiger charge is -2.23. The number of rotatable bonds is 7. The van der Waals surface area contributed by atoms with E-state index in [1.807, 2.05) is 12.1 Å². The third-order valence-corrected chi connectivity index (χ3v) is 4.94. The molecule has 7 heteroatoms. The normalized spacial score (nSPS) is 15.3. The first kappa shape index (κ1) is 20.7. The van der Waals surface area contributed by atoms with Crippen molar-refractivity contribution in [2.24, 2.45) is 0 Å². The number of urea groups is 1. The molecule has 1 heterocycles. The zero-order chi connectivity index (χ0) is 20.8. The van der Waals surface area contributed by atoms with Crippen LogP contribution < -0.4 is 20.7 Å². The van der Waals surface area contributed by atoms with E-state index >= 15 is 0 Å². The van der Waals surface area contributed by atoms with E-state index in [1.54, 1.807) is 25.1 Å². The number of amides is 3. The summed E-state index contributed by atoms with van der Waals surface area (Å²) in [5, 5.41) is 8.39. The number of ether oxygens (including phenoxy) is 1. The molecule has 1 atom stereocenters. The third kappa shape index (κ3) is 5.48. The van der Waals surface area contributed by atoms with Crippen LogP contribution in [-0.2, 0) is 17.9 Å². The summed E-state index contributed by atoms with van der Waals surface area (Å²) in [6.07, 6.45) is -0.525. The van der Waals surface area contributed by atoms with Crippen molar-refractivity contribution >= 4 is 23.3 Å². The molecule has 0 saturated carbocycles. The predicted octanol–water partition coefficient (Wildman–Crippen LogP) is 3.57. The molecule has 3 amide bonds. The molecule has 0 aromatic heterocycles. The van der Waals surface area contributed by atoms with Crippen LogP contribution in [0.5, 0.6) is 5.75 Å². The largest absolute Gasteiger partial charge is 0.479 e. The summed E-state index contributed by atoms with van der Waals surface area (Å²) < 4.78 is 5.51. The van der Waals surface area contributed by atoms with Crippen LogP contribution in [0.4, 0.5) is 16.2 Å². The Morgan fingerprint density at radius 1 is 1.10 bits per heavy atom. The molecule has 0 radical (unpaired) electrons. The number of fused-ring (bicyclic) bond motifs is 1. The van der Waals surface area contributed by atoms with Crippen molar-refractivity contribution in [3.05, 3.63) is 53.6 Å². The molecule has 0 spiro atoms. The number of carbonyl (C=O) groups is 2. The average molecular weight is 396 g/mol. The van der Waals surface area contributed by atoms with E-state index in [9.17, 15) is 9.59 Å². The van der Waals surface area contributed by atoms with Crippen LogP contribution in [-0.4, -0.2) is 36.0 Å². The van der Waals surface area contributed by atoms with Gasteiger partial charge in [0, 0.05) is 18.8 Å². The van der Waals surface area contributed by atoms with E-state index in [2.05, 4.69) is 46.8 Å². The van der Waals surface area contributed by atoms with Crippen LogP contribution in [0.15, 0.2) is 42.5 Å². The molecule has 154 valence electrons. The first-order valence-corrected chi connectivity index (χ1v) is 9.95. The zero-order valence-corrected chi connectivity index (χ0v) is 17.1. The van der Waals surface area contributed by atoms with Crippen molar-refractivity contribution in [3.8, 4) is 5.75 Å². The molecule has 1 aliphatic heterocycles. The number of carbonyl (C=O) groups excluding carboxylic acids is 2. The summed E-state index contributed by atoms with van der Waals surface area (Å²) in [5.74, 6) is 0.386. The fraction of sp³-hybridized carbons (Fsp3) is 0.364. The van der Waals surface area contributed by atoms with Crippen LogP contribution in [0.2, 0.25) is 0 Å². The van der Waals surface area contributed by atoms with E-state index in [0.29, 0.717) is 23.7 Å². The van der Waals surface area contributed by atoms with Crippen molar-refractivity contribution in [3.63, 3.8) is 0 Å². The molecule has 2 aromatic carbocycles. The highest BCUT2D eigenvalue weighted by atomic mass is 16.5. The van der Waals surface area contributed by atoms with Gasteiger partial charge in [-0.15, -0.1) is 0 Å². The first-order chi connectivity index (χ1) is 14.0. The maximum atomic E-state index is 12.2. The Hall–Kier alpha value is -3.06. The Bertz CT molecular complexity index is 863. The quantitative estimate of drug-likeness (QED) is 0.668. The number of hydrogen-bond donors (Lipinski definition) is 3. The maximum absolute atomic E-state index is 12.2. The minimum absolute atomic E-state index is 0.205. The lowest BCUT2D eigenvalue weighted by atomic mass is 10.1. The second-order valence-corrected chi connectivity index (χ2v) is 7.05. The van der Waals surface area contributed by atoms with E-state index < -0.39 is 6.10 Å². The van der Waals surface area contributed by atoms with Crippen LogP contribution in [0.1, 0.15) is 31.9 Å². The van der Waals surface area contributed by atoms with Gasteiger partial charge in [-0.25, -0.2) is 4.79 Å². The molecule has 7 nitrogen and oxygen atoms in total. The van der Waals surface area contributed by atoms with Gasteiger partial charge in [0.1, 0.15) is 5.75 Å². The fourth-order valence-corrected chi connectivity index (χ4v) is 3.11. The molecule has 0 aliphatic carbocycles. The van der Waals surface area contributed by atoms with Gasteiger partial charge in [0.05, 0.1) is 5.69 Å². The molecular formula is C22H28N4O3. The Morgan fingerprint density at radius 3 is 2.48 bits per heavy atom. The summed E-state index contributed by atoms with van der Waals surface area (Å²) in [6, 6.07) is 13.1. The second-order valence-electron chi connectivity index (χ2n) is 7.05. The van der Waals surface area contributed by atoms with Crippen LogP contribution in [0.3, 0.4) is 0 Å². The SMILES string of the molecule is CCN(CC)Cc1ccc(CNC(=O)Nc2ccc3c(c2)NC(=O)C(C)O3)cc1. The molecule has 3 N–H and O–H groups in total. The predicted molar refractivity (Wildman–Crippen MR) is 114 cm³/mol. The Morgan fingerprint density at radius 2 is 1.79 bits per heavy atom. The Kier molecular flexibility index (Phi) is 6.72. The highest BCUT2D eigenvalue weighted by Gasteiger charge is 2.23. The Labute approximate surface area is 171 Å². The summed E-state index contributed by atoms with van der Waals surface area (Å²) in [7, 11) is 0. The van der Waals surface area contributed by atoms with Gasteiger partial charge in [0.2, 0.25) is 0 Å². The number of benzene rings is 2. The topological polar surface area (TPSA) is 82.7 Å². The molecule has 29 heavy (non-hydrogen) atoms. The Balaban J connectivity index is 1.51. The molecule has 3 rings (SSSR count). The molecule has 2 aromatic rings. The molecule has 0 bridgehead atoms. The van der Waals surface area contributed by atoms with E-state index in [0.717, 1.165) is 25.2 Å². The van der Waals surface area contributed by atoms with Crippen LogP contribution >= 0.6 is 0 Å².